The molecule has 0 N–H and O–H groups in total. The van der Waals surface area contributed by atoms with Gasteiger partial charge in [-0.2, -0.15) is 0 Å². The largest absolute Gasteiger partial charge is 0.335 e. The van der Waals surface area contributed by atoms with E-state index in [4.69, 9.17) is 0 Å². The van der Waals surface area contributed by atoms with Gasteiger partial charge in [0.05, 0.1) is 0 Å². The molecule has 2 rings (SSSR count). The molecule has 0 spiro atoms. The van der Waals surface area contributed by atoms with Gasteiger partial charge in [-0.3, -0.25) is 4.79 Å². The van der Waals surface area contributed by atoms with Crippen LogP contribution >= 0.6 is 15.9 Å². The van der Waals surface area contributed by atoms with Gasteiger partial charge in [-0.05, 0) is 37.5 Å². The zero-order valence-corrected chi connectivity index (χ0v) is 11.3. The van der Waals surface area contributed by atoms with Crippen LogP contribution in [0.4, 0.5) is 4.39 Å². The van der Waals surface area contributed by atoms with E-state index in [1.54, 1.807) is 19.1 Å². The summed E-state index contributed by atoms with van der Waals surface area (Å²) in [6.45, 7) is 2.37. The number of aryl methyl sites for hydroxylation is 1. The fourth-order valence-electron chi connectivity index (χ4n) is 1.82. The quantitative estimate of drug-likeness (QED) is 0.782. The Hall–Kier alpha value is -0.900. The summed E-state index contributed by atoms with van der Waals surface area (Å²) in [7, 11) is 0. The van der Waals surface area contributed by atoms with Crippen molar-refractivity contribution in [1.29, 1.82) is 0 Å². The SMILES string of the molecule is Cc1ccc(C(=O)N(CCBr)C2CC2)cc1F. The Labute approximate surface area is 109 Å². The summed E-state index contributed by atoms with van der Waals surface area (Å²) in [5.74, 6) is -0.378. The molecule has 0 atom stereocenters. The van der Waals surface area contributed by atoms with Gasteiger partial charge >= 0.3 is 0 Å². The third-order valence-corrected chi connectivity index (χ3v) is 3.35. The van der Waals surface area contributed by atoms with E-state index in [-0.39, 0.29) is 11.7 Å². The first-order valence-electron chi connectivity index (χ1n) is 5.76. The first kappa shape index (κ1) is 12.6. The molecule has 0 unspecified atom stereocenters. The zero-order chi connectivity index (χ0) is 12.4. The Kier molecular flexibility index (Phi) is 3.82. The fraction of sp³-hybridized carbons (Fsp3) is 0.462. The number of rotatable bonds is 4. The van der Waals surface area contributed by atoms with Crippen LogP contribution in [0.25, 0.3) is 0 Å². The molecule has 1 aromatic carbocycles. The lowest BCUT2D eigenvalue weighted by atomic mass is 10.1. The van der Waals surface area contributed by atoms with Crippen LogP contribution in [-0.4, -0.2) is 28.7 Å². The van der Waals surface area contributed by atoms with Crippen LogP contribution in [0.5, 0.6) is 0 Å². The minimum absolute atomic E-state index is 0.0640. The molecule has 0 bridgehead atoms. The lowest BCUT2D eigenvalue weighted by molar-refractivity contribution is 0.0754. The van der Waals surface area contributed by atoms with Gasteiger partial charge in [0.1, 0.15) is 5.82 Å². The average molecular weight is 300 g/mol. The highest BCUT2D eigenvalue weighted by Gasteiger charge is 2.32. The summed E-state index contributed by atoms with van der Waals surface area (Å²) in [5.41, 5.74) is 1.01. The Bertz CT molecular complexity index is 431. The summed E-state index contributed by atoms with van der Waals surface area (Å²) in [6, 6.07) is 5.04. The van der Waals surface area contributed by atoms with Crippen LogP contribution in [0.1, 0.15) is 28.8 Å². The highest BCUT2D eigenvalue weighted by atomic mass is 79.9. The van der Waals surface area contributed by atoms with Crippen molar-refractivity contribution >= 4 is 21.8 Å². The van der Waals surface area contributed by atoms with Crippen molar-refractivity contribution in [3.05, 3.63) is 35.1 Å². The molecule has 2 nitrogen and oxygen atoms in total. The standard InChI is InChI=1S/C13H15BrFNO/c1-9-2-3-10(8-12(9)15)13(17)16(7-6-14)11-4-5-11/h2-3,8,11H,4-7H2,1H3. The summed E-state index contributed by atoms with van der Waals surface area (Å²) in [5, 5.41) is 0.754. The van der Waals surface area contributed by atoms with Crippen LogP contribution in [0.15, 0.2) is 18.2 Å². The third kappa shape index (κ3) is 2.86. The zero-order valence-electron chi connectivity index (χ0n) is 9.75. The summed E-state index contributed by atoms with van der Waals surface area (Å²) < 4.78 is 13.4. The van der Waals surface area contributed by atoms with E-state index in [9.17, 15) is 9.18 Å². The predicted molar refractivity (Wildman–Crippen MR) is 69.0 cm³/mol. The third-order valence-electron chi connectivity index (χ3n) is 2.99. The van der Waals surface area contributed by atoms with E-state index in [0.717, 1.165) is 18.2 Å². The molecule has 0 radical (unpaired) electrons. The molecule has 0 saturated heterocycles. The van der Waals surface area contributed by atoms with Crippen LogP contribution in [-0.2, 0) is 0 Å². The van der Waals surface area contributed by atoms with Gasteiger partial charge in [-0.25, -0.2) is 4.39 Å². The smallest absolute Gasteiger partial charge is 0.254 e. The van der Waals surface area contributed by atoms with Crippen molar-refractivity contribution in [3.8, 4) is 0 Å². The van der Waals surface area contributed by atoms with Crippen LogP contribution in [0.2, 0.25) is 0 Å². The van der Waals surface area contributed by atoms with Crippen LogP contribution in [0.3, 0.4) is 0 Å². The number of amides is 1. The van der Waals surface area contributed by atoms with Gasteiger partial charge in [0, 0.05) is 23.5 Å². The van der Waals surface area contributed by atoms with Gasteiger partial charge in [0.25, 0.3) is 5.91 Å². The molecule has 1 aliphatic rings. The van der Waals surface area contributed by atoms with Crippen molar-refractivity contribution in [1.82, 2.24) is 4.90 Å². The predicted octanol–water partition coefficient (Wildman–Crippen LogP) is 3.13. The highest BCUT2D eigenvalue weighted by Crippen LogP contribution is 2.28. The maximum atomic E-state index is 13.4. The van der Waals surface area contributed by atoms with Crippen LogP contribution in [0, 0.1) is 12.7 Å². The Morgan fingerprint density at radius 1 is 1.53 bits per heavy atom. The summed E-state index contributed by atoms with van der Waals surface area (Å²) in [6.07, 6.45) is 2.13. The average Bonchev–Trinajstić information content (AvgIpc) is 3.13. The van der Waals surface area contributed by atoms with E-state index in [1.807, 2.05) is 4.90 Å². The number of carbonyl (C=O) groups excluding carboxylic acids is 1. The molecule has 1 aromatic rings. The molecule has 0 aromatic heterocycles. The number of nitrogens with zero attached hydrogens (tertiary/aromatic N) is 1. The topological polar surface area (TPSA) is 20.3 Å². The molecule has 4 heteroatoms. The molecule has 1 aliphatic carbocycles. The normalized spacial score (nSPS) is 14.8. The first-order chi connectivity index (χ1) is 8.13. The van der Waals surface area contributed by atoms with Gasteiger partial charge < -0.3 is 4.90 Å². The van der Waals surface area contributed by atoms with E-state index in [1.165, 1.54) is 6.07 Å². The molecular weight excluding hydrogens is 285 g/mol. The van der Waals surface area contributed by atoms with Gasteiger partial charge in [-0.1, -0.05) is 22.0 Å². The lowest BCUT2D eigenvalue weighted by Crippen LogP contribution is -2.34. The van der Waals surface area contributed by atoms with Gasteiger partial charge in [0.15, 0.2) is 0 Å². The van der Waals surface area contributed by atoms with E-state index < -0.39 is 0 Å². The second kappa shape index (κ2) is 5.17. The molecule has 1 fully saturated rings. The minimum atomic E-state index is -0.314. The Morgan fingerprint density at radius 2 is 2.24 bits per heavy atom. The first-order valence-corrected chi connectivity index (χ1v) is 6.88. The molecule has 92 valence electrons. The lowest BCUT2D eigenvalue weighted by Gasteiger charge is -2.21. The molecule has 1 amide bonds. The van der Waals surface area contributed by atoms with E-state index in [2.05, 4.69) is 15.9 Å². The maximum absolute atomic E-state index is 13.4. The second-order valence-electron chi connectivity index (χ2n) is 4.38. The van der Waals surface area contributed by atoms with Crippen molar-refractivity contribution in [2.75, 3.05) is 11.9 Å². The van der Waals surface area contributed by atoms with Crippen molar-refractivity contribution < 1.29 is 9.18 Å². The highest BCUT2D eigenvalue weighted by molar-refractivity contribution is 9.09. The molecule has 17 heavy (non-hydrogen) atoms. The van der Waals surface area contributed by atoms with Gasteiger partial charge in [-0.15, -0.1) is 0 Å². The monoisotopic (exact) mass is 299 g/mol. The molecule has 1 saturated carbocycles. The van der Waals surface area contributed by atoms with Crippen molar-refractivity contribution in [2.24, 2.45) is 0 Å². The summed E-state index contributed by atoms with van der Waals surface area (Å²) in [4.78, 5) is 14.1. The maximum Gasteiger partial charge on any atom is 0.254 e. The Balaban J connectivity index is 2.19. The fourth-order valence-corrected chi connectivity index (χ4v) is 2.20. The number of halogens is 2. The van der Waals surface area contributed by atoms with E-state index >= 15 is 0 Å². The minimum Gasteiger partial charge on any atom is -0.335 e. The molecular formula is C13H15BrFNO. The summed E-state index contributed by atoms with van der Waals surface area (Å²) >= 11 is 3.35. The van der Waals surface area contributed by atoms with Crippen LogP contribution < -0.4 is 0 Å². The molecule has 0 heterocycles. The number of hydrogen-bond acceptors (Lipinski definition) is 1. The van der Waals surface area contributed by atoms with Gasteiger partial charge in [0.2, 0.25) is 0 Å². The number of carbonyl (C=O) groups is 1. The van der Waals surface area contributed by atoms with Crippen molar-refractivity contribution in [3.63, 3.8) is 0 Å². The number of alkyl halides is 1. The number of hydrogen-bond donors (Lipinski definition) is 0. The van der Waals surface area contributed by atoms with Crippen molar-refractivity contribution in [2.45, 2.75) is 25.8 Å². The van der Waals surface area contributed by atoms with E-state index in [0.29, 0.717) is 23.7 Å². The Morgan fingerprint density at radius 3 is 2.76 bits per heavy atom. The number of benzene rings is 1. The second-order valence-corrected chi connectivity index (χ2v) is 5.18. The molecule has 0 aliphatic heterocycles.